The molecular formula is C12H11F2N. The molecule has 0 saturated heterocycles. The summed E-state index contributed by atoms with van der Waals surface area (Å²) in [4.78, 5) is 0. The molecule has 1 atom stereocenters. The number of rotatable bonds is 2. The summed E-state index contributed by atoms with van der Waals surface area (Å²) in [5.41, 5.74) is 0.940. The van der Waals surface area contributed by atoms with E-state index in [1.807, 2.05) is 0 Å². The van der Waals surface area contributed by atoms with Gasteiger partial charge in [0.1, 0.15) is 11.6 Å². The first kappa shape index (κ1) is 10.1. The maximum absolute atomic E-state index is 13.5. The summed E-state index contributed by atoms with van der Waals surface area (Å²) in [5, 5.41) is 3.01. The predicted molar refractivity (Wildman–Crippen MR) is 54.3 cm³/mol. The van der Waals surface area contributed by atoms with Crippen molar-refractivity contribution in [2.75, 3.05) is 6.54 Å². The molecule has 1 aliphatic carbocycles. The number of hydrogen-bond donors (Lipinski definition) is 1. The highest BCUT2D eigenvalue weighted by molar-refractivity contribution is 5.37. The lowest BCUT2D eigenvalue weighted by atomic mass is 10.1. The van der Waals surface area contributed by atoms with Gasteiger partial charge in [0, 0.05) is 11.6 Å². The zero-order valence-electron chi connectivity index (χ0n) is 8.19. The number of terminal acetylenes is 1. The van der Waals surface area contributed by atoms with Crippen LogP contribution in [0.2, 0.25) is 0 Å². The Kier molecular flexibility index (Phi) is 2.70. The van der Waals surface area contributed by atoms with E-state index in [2.05, 4.69) is 11.2 Å². The van der Waals surface area contributed by atoms with E-state index < -0.39 is 0 Å². The van der Waals surface area contributed by atoms with E-state index in [9.17, 15) is 8.78 Å². The van der Waals surface area contributed by atoms with Gasteiger partial charge in [0.15, 0.2) is 0 Å². The smallest absolute Gasteiger partial charge is 0.128 e. The second-order valence-corrected chi connectivity index (χ2v) is 3.60. The van der Waals surface area contributed by atoms with Gasteiger partial charge in [-0.25, -0.2) is 8.78 Å². The van der Waals surface area contributed by atoms with Crippen LogP contribution in [0.15, 0.2) is 12.1 Å². The molecule has 0 radical (unpaired) electrons. The fourth-order valence-electron chi connectivity index (χ4n) is 2.06. The normalized spacial score (nSPS) is 18.6. The Morgan fingerprint density at radius 3 is 2.87 bits per heavy atom. The molecule has 0 fully saturated rings. The van der Waals surface area contributed by atoms with Gasteiger partial charge < -0.3 is 0 Å². The third kappa shape index (κ3) is 1.73. The molecule has 2 rings (SSSR count). The Labute approximate surface area is 87.5 Å². The van der Waals surface area contributed by atoms with E-state index in [-0.39, 0.29) is 17.7 Å². The van der Waals surface area contributed by atoms with E-state index in [0.717, 1.165) is 0 Å². The van der Waals surface area contributed by atoms with Crippen molar-refractivity contribution in [3.63, 3.8) is 0 Å². The molecule has 1 aromatic carbocycles. The van der Waals surface area contributed by atoms with Crippen LogP contribution < -0.4 is 5.32 Å². The Morgan fingerprint density at radius 1 is 1.40 bits per heavy atom. The van der Waals surface area contributed by atoms with Gasteiger partial charge in [-0.3, -0.25) is 5.32 Å². The first-order valence-corrected chi connectivity index (χ1v) is 4.87. The van der Waals surface area contributed by atoms with E-state index in [4.69, 9.17) is 6.42 Å². The minimum absolute atomic E-state index is 0.147. The van der Waals surface area contributed by atoms with Gasteiger partial charge >= 0.3 is 0 Å². The van der Waals surface area contributed by atoms with Gasteiger partial charge in [-0.2, -0.15) is 0 Å². The molecule has 78 valence electrons. The molecule has 1 nitrogen and oxygen atoms in total. The van der Waals surface area contributed by atoms with E-state index in [0.29, 0.717) is 30.5 Å². The fraction of sp³-hybridized carbons (Fsp3) is 0.333. The van der Waals surface area contributed by atoms with Crippen LogP contribution in [0.3, 0.4) is 0 Å². The summed E-state index contributed by atoms with van der Waals surface area (Å²) in [7, 11) is 0. The summed E-state index contributed by atoms with van der Waals surface area (Å²) in [6, 6.07) is 2.20. The molecule has 0 aromatic heterocycles. The Balaban J connectivity index is 2.33. The summed E-state index contributed by atoms with van der Waals surface area (Å²) in [6.45, 7) is 0.375. The van der Waals surface area contributed by atoms with Gasteiger partial charge in [0.05, 0.1) is 6.54 Å². The first-order chi connectivity index (χ1) is 7.24. The Morgan fingerprint density at radius 2 is 2.13 bits per heavy atom. The van der Waals surface area contributed by atoms with Crippen molar-refractivity contribution in [2.24, 2.45) is 0 Å². The van der Waals surface area contributed by atoms with Crippen molar-refractivity contribution >= 4 is 0 Å². The number of hydrogen-bond acceptors (Lipinski definition) is 1. The lowest BCUT2D eigenvalue weighted by Gasteiger charge is -2.12. The largest absolute Gasteiger partial charge is 0.299 e. The number of fused-ring (bicyclic) bond motifs is 1. The SMILES string of the molecule is C#CCNC1CCc2c(F)ccc(F)c21. The van der Waals surface area contributed by atoms with Crippen LogP contribution in [0, 0.1) is 24.0 Å². The number of halogens is 2. The van der Waals surface area contributed by atoms with Gasteiger partial charge in [-0.15, -0.1) is 6.42 Å². The van der Waals surface area contributed by atoms with Crippen LogP contribution in [0.25, 0.3) is 0 Å². The van der Waals surface area contributed by atoms with Crippen LogP contribution in [-0.4, -0.2) is 6.54 Å². The molecule has 0 heterocycles. The molecule has 0 aliphatic heterocycles. The third-order valence-corrected chi connectivity index (χ3v) is 2.73. The summed E-state index contributed by atoms with van der Waals surface area (Å²) >= 11 is 0. The summed E-state index contributed by atoms with van der Waals surface area (Å²) < 4.78 is 26.8. The van der Waals surface area contributed by atoms with Crippen molar-refractivity contribution in [3.8, 4) is 12.3 Å². The van der Waals surface area contributed by atoms with Crippen LogP contribution in [0.1, 0.15) is 23.6 Å². The van der Waals surface area contributed by atoms with Crippen LogP contribution in [0.5, 0.6) is 0 Å². The van der Waals surface area contributed by atoms with E-state index in [1.165, 1.54) is 12.1 Å². The quantitative estimate of drug-likeness (QED) is 0.733. The van der Waals surface area contributed by atoms with Crippen molar-refractivity contribution in [3.05, 3.63) is 34.9 Å². The summed E-state index contributed by atoms with van der Waals surface area (Å²) in [6.07, 6.45) is 6.39. The average molecular weight is 207 g/mol. The fourth-order valence-corrected chi connectivity index (χ4v) is 2.06. The first-order valence-electron chi connectivity index (χ1n) is 4.87. The minimum Gasteiger partial charge on any atom is -0.299 e. The molecule has 0 bridgehead atoms. The molecule has 0 amide bonds. The monoisotopic (exact) mass is 207 g/mol. The predicted octanol–water partition coefficient (Wildman–Crippen LogP) is 2.17. The highest BCUT2D eigenvalue weighted by atomic mass is 19.1. The van der Waals surface area contributed by atoms with Gasteiger partial charge in [-0.05, 0) is 30.5 Å². The van der Waals surface area contributed by atoms with Crippen LogP contribution >= 0.6 is 0 Å². The molecule has 1 unspecified atom stereocenters. The zero-order chi connectivity index (χ0) is 10.8. The highest BCUT2D eigenvalue weighted by Crippen LogP contribution is 2.34. The standard InChI is InChI=1S/C12H11F2N/c1-2-7-15-11-6-3-8-9(13)4-5-10(14)12(8)11/h1,4-5,11,15H,3,6-7H2. The lowest BCUT2D eigenvalue weighted by Crippen LogP contribution is -2.20. The van der Waals surface area contributed by atoms with Crippen LogP contribution in [-0.2, 0) is 6.42 Å². The average Bonchev–Trinajstić information content (AvgIpc) is 2.65. The van der Waals surface area contributed by atoms with Gasteiger partial charge in [-0.1, -0.05) is 5.92 Å². The molecule has 1 aromatic rings. The maximum atomic E-state index is 13.5. The lowest BCUT2D eigenvalue weighted by molar-refractivity contribution is 0.527. The highest BCUT2D eigenvalue weighted by Gasteiger charge is 2.27. The second-order valence-electron chi connectivity index (χ2n) is 3.60. The summed E-state index contributed by atoms with van der Waals surface area (Å²) in [5.74, 6) is 1.76. The molecule has 0 saturated carbocycles. The molecular weight excluding hydrogens is 196 g/mol. The molecule has 1 N–H and O–H groups in total. The van der Waals surface area contributed by atoms with Crippen molar-refractivity contribution in [1.29, 1.82) is 0 Å². The van der Waals surface area contributed by atoms with Crippen molar-refractivity contribution in [1.82, 2.24) is 5.32 Å². The second kappa shape index (κ2) is 4.00. The Hall–Kier alpha value is -1.40. The number of benzene rings is 1. The van der Waals surface area contributed by atoms with Crippen molar-refractivity contribution < 1.29 is 8.78 Å². The van der Waals surface area contributed by atoms with Gasteiger partial charge in [0.2, 0.25) is 0 Å². The molecule has 1 aliphatic rings. The minimum atomic E-state index is -0.349. The maximum Gasteiger partial charge on any atom is 0.128 e. The topological polar surface area (TPSA) is 12.0 Å². The zero-order valence-corrected chi connectivity index (χ0v) is 8.19. The Bertz CT molecular complexity index is 420. The molecule has 15 heavy (non-hydrogen) atoms. The number of nitrogens with one attached hydrogen (secondary N) is 1. The molecule has 3 heteroatoms. The van der Waals surface area contributed by atoms with Crippen LogP contribution in [0.4, 0.5) is 8.78 Å². The third-order valence-electron chi connectivity index (χ3n) is 2.73. The van der Waals surface area contributed by atoms with Crippen molar-refractivity contribution in [2.45, 2.75) is 18.9 Å². The van der Waals surface area contributed by atoms with E-state index in [1.54, 1.807) is 0 Å². The van der Waals surface area contributed by atoms with Gasteiger partial charge in [0.25, 0.3) is 0 Å². The molecule has 0 spiro atoms. The van der Waals surface area contributed by atoms with E-state index >= 15 is 0 Å².